The molecular formula is C18H31IN4O. The number of nitrogens with one attached hydrogen (secondary N) is 1. The van der Waals surface area contributed by atoms with Crippen molar-refractivity contribution in [2.45, 2.75) is 32.6 Å². The van der Waals surface area contributed by atoms with E-state index in [0.717, 1.165) is 30.3 Å². The van der Waals surface area contributed by atoms with Crippen LogP contribution in [0.3, 0.4) is 0 Å². The van der Waals surface area contributed by atoms with Crippen molar-refractivity contribution in [3.8, 4) is 5.75 Å². The lowest BCUT2D eigenvalue weighted by atomic mass is 9.99. The second-order valence-electron chi connectivity index (χ2n) is 6.36. The van der Waals surface area contributed by atoms with E-state index in [4.69, 9.17) is 10.5 Å². The minimum atomic E-state index is 0. The number of benzene rings is 1. The number of rotatable bonds is 7. The molecule has 0 unspecified atom stereocenters. The first-order chi connectivity index (χ1) is 11.2. The normalized spacial score (nSPS) is 16.5. The zero-order valence-corrected chi connectivity index (χ0v) is 17.2. The van der Waals surface area contributed by atoms with E-state index in [1.54, 1.807) is 7.11 Å². The van der Waals surface area contributed by atoms with Crippen molar-refractivity contribution in [3.05, 3.63) is 24.3 Å². The van der Waals surface area contributed by atoms with Crippen LogP contribution in [-0.2, 0) is 0 Å². The average molecular weight is 446 g/mol. The molecule has 5 nitrogen and oxygen atoms in total. The van der Waals surface area contributed by atoms with Crippen molar-refractivity contribution in [2.24, 2.45) is 16.6 Å². The minimum absolute atomic E-state index is 0. The van der Waals surface area contributed by atoms with Gasteiger partial charge in [0.25, 0.3) is 0 Å². The van der Waals surface area contributed by atoms with E-state index < -0.39 is 0 Å². The zero-order chi connectivity index (χ0) is 16.5. The summed E-state index contributed by atoms with van der Waals surface area (Å²) in [5, 5.41) is 3.10. The average Bonchev–Trinajstić information content (AvgIpc) is 2.56. The summed E-state index contributed by atoms with van der Waals surface area (Å²) in [6.07, 6.45) is 4.95. The van der Waals surface area contributed by atoms with Crippen LogP contribution < -0.4 is 15.8 Å². The molecular weight excluding hydrogens is 415 g/mol. The quantitative estimate of drug-likeness (QED) is 0.291. The number of unbranched alkanes of at least 4 members (excludes halogenated alkanes) is 1. The highest BCUT2D eigenvalue weighted by molar-refractivity contribution is 14.0. The molecule has 0 atom stereocenters. The van der Waals surface area contributed by atoms with Crippen LogP contribution in [0.25, 0.3) is 0 Å². The highest BCUT2D eigenvalue weighted by atomic mass is 127. The molecule has 0 spiro atoms. The summed E-state index contributed by atoms with van der Waals surface area (Å²) in [7, 11) is 1.65. The lowest BCUT2D eigenvalue weighted by Crippen LogP contribution is -2.33. The van der Waals surface area contributed by atoms with Gasteiger partial charge < -0.3 is 20.7 Å². The van der Waals surface area contributed by atoms with Gasteiger partial charge in [0.1, 0.15) is 5.75 Å². The number of anilines is 1. The molecule has 1 fully saturated rings. The van der Waals surface area contributed by atoms with Crippen molar-refractivity contribution >= 4 is 35.6 Å². The van der Waals surface area contributed by atoms with E-state index in [-0.39, 0.29) is 24.0 Å². The number of hydrogen-bond donors (Lipinski definition) is 2. The summed E-state index contributed by atoms with van der Waals surface area (Å²) < 4.78 is 5.19. The molecule has 0 aliphatic carbocycles. The highest BCUT2D eigenvalue weighted by Crippen LogP contribution is 2.17. The number of halogens is 1. The van der Waals surface area contributed by atoms with Gasteiger partial charge in [-0.25, -0.2) is 0 Å². The molecule has 1 saturated heterocycles. The third-order valence-corrected chi connectivity index (χ3v) is 4.38. The van der Waals surface area contributed by atoms with Crippen LogP contribution in [0, 0.1) is 5.92 Å². The first-order valence-electron chi connectivity index (χ1n) is 8.60. The number of likely N-dealkylation sites (tertiary alicyclic amines) is 1. The number of nitrogens with zero attached hydrogens (tertiary/aromatic N) is 2. The maximum absolute atomic E-state index is 5.93. The van der Waals surface area contributed by atoms with Crippen molar-refractivity contribution < 1.29 is 4.74 Å². The second-order valence-corrected chi connectivity index (χ2v) is 6.36. The van der Waals surface area contributed by atoms with Crippen molar-refractivity contribution in [1.29, 1.82) is 0 Å². The van der Waals surface area contributed by atoms with E-state index in [2.05, 4.69) is 22.1 Å². The lowest BCUT2D eigenvalue weighted by molar-refractivity contribution is 0.190. The molecule has 6 heteroatoms. The third-order valence-electron chi connectivity index (χ3n) is 4.38. The monoisotopic (exact) mass is 446 g/mol. The van der Waals surface area contributed by atoms with Gasteiger partial charge in [-0.1, -0.05) is 13.0 Å². The van der Waals surface area contributed by atoms with Crippen LogP contribution in [0.2, 0.25) is 0 Å². The van der Waals surface area contributed by atoms with Crippen LogP contribution in [0.15, 0.2) is 29.3 Å². The number of aliphatic imine (C=N–C) groups is 1. The second kappa shape index (κ2) is 11.5. The fourth-order valence-electron chi connectivity index (χ4n) is 2.82. The third kappa shape index (κ3) is 7.70. The summed E-state index contributed by atoms with van der Waals surface area (Å²) in [6.45, 7) is 6.82. The van der Waals surface area contributed by atoms with Crippen LogP contribution in [-0.4, -0.2) is 44.1 Å². The van der Waals surface area contributed by atoms with Gasteiger partial charge in [-0.2, -0.15) is 0 Å². The van der Waals surface area contributed by atoms with E-state index in [0.29, 0.717) is 5.96 Å². The molecule has 24 heavy (non-hydrogen) atoms. The summed E-state index contributed by atoms with van der Waals surface area (Å²) in [5.74, 6) is 2.17. The van der Waals surface area contributed by atoms with E-state index in [9.17, 15) is 0 Å². The Labute approximate surface area is 163 Å². The largest absolute Gasteiger partial charge is 0.497 e. The SMILES string of the molecule is COc1cccc(NC(N)=NCCCCN2CCC(C)CC2)c1.I. The Morgan fingerprint density at radius 3 is 2.79 bits per heavy atom. The smallest absolute Gasteiger partial charge is 0.193 e. The number of guanidine groups is 1. The summed E-state index contributed by atoms with van der Waals surface area (Å²) >= 11 is 0. The number of ether oxygens (including phenoxy) is 1. The number of nitrogens with two attached hydrogens (primary N) is 1. The molecule has 1 heterocycles. The summed E-state index contributed by atoms with van der Waals surface area (Å²) in [5.41, 5.74) is 6.82. The van der Waals surface area contributed by atoms with Crippen molar-refractivity contribution in [3.63, 3.8) is 0 Å². The predicted octanol–water partition coefficient (Wildman–Crippen LogP) is 3.55. The molecule has 0 amide bonds. The van der Waals surface area contributed by atoms with Gasteiger partial charge >= 0.3 is 0 Å². The van der Waals surface area contributed by atoms with Gasteiger partial charge in [-0.3, -0.25) is 4.99 Å². The van der Waals surface area contributed by atoms with E-state index in [1.807, 2.05) is 24.3 Å². The Morgan fingerprint density at radius 1 is 1.33 bits per heavy atom. The number of piperidine rings is 1. The molecule has 136 valence electrons. The Hall–Kier alpha value is -1.02. The van der Waals surface area contributed by atoms with Gasteiger partial charge in [0.15, 0.2) is 5.96 Å². The van der Waals surface area contributed by atoms with Gasteiger partial charge in [-0.15, -0.1) is 24.0 Å². The van der Waals surface area contributed by atoms with Crippen LogP contribution in [0.1, 0.15) is 32.6 Å². The molecule has 1 aliphatic heterocycles. The van der Waals surface area contributed by atoms with Crippen molar-refractivity contribution in [1.82, 2.24) is 4.90 Å². The van der Waals surface area contributed by atoms with E-state index in [1.165, 1.54) is 38.9 Å². The molecule has 1 aromatic rings. The van der Waals surface area contributed by atoms with Crippen LogP contribution in [0.4, 0.5) is 5.69 Å². The van der Waals surface area contributed by atoms with Gasteiger partial charge in [0.2, 0.25) is 0 Å². The Morgan fingerprint density at radius 2 is 2.08 bits per heavy atom. The molecule has 3 N–H and O–H groups in total. The molecule has 0 radical (unpaired) electrons. The lowest BCUT2D eigenvalue weighted by Gasteiger charge is -2.30. The Bertz CT molecular complexity index is 502. The molecule has 2 rings (SSSR count). The maximum atomic E-state index is 5.93. The molecule has 1 aliphatic rings. The van der Waals surface area contributed by atoms with Gasteiger partial charge in [0.05, 0.1) is 7.11 Å². The fourth-order valence-corrected chi connectivity index (χ4v) is 2.82. The summed E-state index contributed by atoms with van der Waals surface area (Å²) in [6, 6.07) is 7.68. The first-order valence-corrected chi connectivity index (χ1v) is 8.60. The Balaban J connectivity index is 0.00000288. The van der Waals surface area contributed by atoms with Gasteiger partial charge in [0, 0.05) is 18.3 Å². The molecule has 0 saturated carbocycles. The standard InChI is InChI=1S/C18H30N4O.HI/c1-15-8-12-22(13-9-15)11-4-3-10-20-18(19)21-16-6-5-7-17(14-16)23-2;/h5-7,14-15H,3-4,8-13H2,1-2H3,(H3,19,20,21);1H. The highest BCUT2D eigenvalue weighted by Gasteiger charge is 2.14. The molecule has 1 aromatic carbocycles. The van der Waals surface area contributed by atoms with Crippen LogP contribution in [0.5, 0.6) is 5.75 Å². The zero-order valence-electron chi connectivity index (χ0n) is 14.8. The van der Waals surface area contributed by atoms with Crippen molar-refractivity contribution in [2.75, 3.05) is 38.6 Å². The number of hydrogen-bond acceptors (Lipinski definition) is 3. The molecule has 0 bridgehead atoms. The Kier molecular flexibility index (Phi) is 10.1. The fraction of sp³-hybridized carbons (Fsp3) is 0.611. The first kappa shape index (κ1) is 21.0. The number of methoxy groups -OCH3 is 1. The van der Waals surface area contributed by atoms with Gasteiger partial charge in [-0.05, 0) is 63.4 Å². The van der Waals surface area contributed by atoms with E-state index >= 15 is 0 Å². The predicted molar refractivity (Wildman–Crippen MR) is 113 cm³/mol. The molecule has 0 aromatic heterocycles. The maximum Gasteiger partial charge on any atom is 0.193 e. The topological polar surface area (TPSA) is 62.9 Å². The minimum Gasteiger partial charge on any atom is -0.497 e. The summed E-state index contributed by atoms with van der Waals surface area (Å²) in [4.78, 5) is 6.96. The van der Waals surface area contributed by atoms with Crippen LogP contribution >= 0.6 is 24.0 Å².